The maximum atomic E-state index is 5.87. The number of nitrogens with zero attached hydrogens (tertiary/aromatic N) is 4. The van der Waals surface area contributed by atoms with Gasteiger partial charge >= 0.3 is 0 Å². The van der Waals surface area contributed by atoms with E-state index in [1.165, 1.54) is 0 Å². The second-order valence-corrected chi connectivity index (χ2v) is 6.07. The van der Waals surface area contributed by atoms with Gasteiger partial charge in [-0.2, -0.15) is 5.10 Å². The molecule has 2 atom stereocenters. The Morgan fingerprint density at radius 2 is 2.48 bits per heavy atom. The van der Waals surface area contributed by atoms with Gasteiger partial charge in [0.25, 0.3) is 0 Å². The summed E-state index contributed by atoms with van der Waals surface area (Å²) in [5.74, 6) is 1.96. The first kappa shape index (κ1) is 12.7. The summed E-state index contributed by atoms with van der Waals surface area (Å²) in [7, 11) is 0. The molecule has 1 saturated heterocycles. The minimum atomic E-state index is -0.0198. The normalized spacial score (nSPS) is 21.9. The van der Waals surface area contributed by atoms with Crippen molar-refractivity contribution >= 4 is 11.3 Å². The predicted molar refractivity (Wildman–Crippen MR) is 78.7 cm³/mol. The highest BCUT2D eigenvalue weighted by Gasteiger charge is 2.32. The molecule has 1 fully saturated rings. The number of nitrogens with one attached hydrogen (secondary N) is 1. The summed E-state index contributed by atoms with van der Waals surface area (Å²) in [6, 6.07) is 4.03. The van der Waals surface area contributed by atoms with Crippen molar-refractivity contribution in [1.82, 2.24) is 24.7 Å². The smallest absolute Gasteiger partial charge is 0.191 e. The minimum absolute atomic E-state index is 0.0198. The lowest BCUT2D eigenvalue weighted by molar-refractivity contribution is 0.0797. The summed E-state index contributed by atoms with van der Waals surface area (Å²) in [5, 5.41) is 9.38. The van der Waals surface area contributed by atoms with Gasteiger partial charge in [0, 0.05) is 31.5 Å². The van der Waals surface area contributed by atoms with Crippen LogP contribution in [0.3, 0.4) is 0 Å². The van der Waals surface area contributed by atoms with Crippen molar-refractivity contribution in [3.05, 3.63) is 42.1 Å². The molecule has 0 aromatic carbocycles. The van der Waals surface area contributed by atoms with Gasteiger partial charge in [-0.05, 0) is 17.9 Å². The molecule has 1 aliphatic rings. The van der Waals surface area contributed by atoms with Gasteiger partial charge in [-0.25, -0.2) is 9.97 Å². The second kappa shape index (κ2) is 5.42. The minimum Gasteiger partial charge on any atom is -0.370 e. The molecule has 1 N–H and O–H groups in total. The summed E-state index contributed by atoms with van der Waals surface area (Å²) >= 11 is 1.64. The zero-order chi connectivity index (χ0) is 14.1. The van der Waals surface area contributed by atoms with Crippen molar-refractivity contribution < 1.29 is 4.74 Å². The number of rotatable bonds is 4. The molecule has 7 heteroatoms. The zero-order valence-corrected chi connectivity index (χ0v) is 12.2. The highest BCUT2D eigenvalue weighted by molar-refractivity contribution is 7.13. The number of thiophene rings is 1. The first-order chi connectivity index (χ1) is 10.4. The Bertz CT molecular complexity index is 691. The lowest BCUT2D eigenvalue weighted by Crippen LogP contribution is -2.15. The van der Waals surface area contributed by atoms with E-state index >= 15 is 0 Å². The number of aromatic nitrogens is 5. The third-order valence-corrected chi connectivity index (χ3v) is 4.60. The third-order valence-electron chi connectivity index (χ3n) is 3.73. The van der Waals surface area contributed by atoms with Gasteiger partial charge in [-0.1, -0.05) is 6.07 Å². The molecule has 0 spiro atoms. The van der Waals surface area contributed by atoms with Crippen LogP contribution in [0.4, 0.5) is 0 Å². The van der Waals surface area contributed by atoms with E-state index in [4.69, 9.17) is 4.74 Å². The average molecular weight is 301 g/mol. The fraction of sp³-hybridized carbons (Fsp3) is 0.357. The molecule has 0 aliphatic carbocycles. The Kier molecular flexibility index (Phi) is 3.28. The monoisotopic (exact) mass is 301 g/mol. The molecular formula is C14H15N5OS. The molecule has 21 heavy (non-hydrogen) atoms. The van der Waals surface area contributed by atoms with Crippen molar-refractivity contribution in [1.29, 1.82) is 0 Å². The fourth-order valence-electron chi connectivity index (χ4n) is 2.71. The van der Waals surface area contributed by atoms with Gasteiger partial charge in [0.2, 0.25) is 0 Å². The molecule has 0 saturated carbocycles. The Labute approximate surface area is 125 Å². The highest BCUT2D eigenvalue weighted by Crippen LogP contribution is 2.34. The third kappa shape index (κ3) is 2.50. The SMILES string of the molecule is c1csc(-c2n[nH]c([C@H]3OCC[C@H]3Cn3ccnc3)n2)c1. The van der Waals surface area contributed by atoms with E-state index in [2.05, 4.69) is 24.7 Å². The maximum Gasteiger partial charge on any atom is 0.191 e. The van der Waals surface area contributed by atoms with E-state index in [9.17, 15) is 0 Å². The number of hydrogen-bond acceptors (Lipinski definition) is 5. The largest absolute Gasteiger partial charge is 0.370 e. The number of aromatic amines is 1. The first-order valence-electron chi connectivity index (χ1n) is 6.93. The van der Waals surface area contributed by atoms with Crippen LogP contribution < -0.4 is 0 Å². The molecule has 0 bridgehead atoms. The summed E-state index contributed by atoms with van der Waals surface area (Å²) < 4.78 is 7.95. The molecule has 1 aliphatic heterocycles. The van der Waals surface area contributed by atoms with Crippen LogP contribution in [0.15, 0.2) is 36.2 Å². The van der Waals surface area contributed by atoms with Gasteiger partial charge in [0.15, 0.2) is 11.6 Å². The Morgan fingerprint density at radius 3 is 3.29 bits per heavy atom. The summed E-state index contributed by atoms with van der Waals surface area (Å²) in [6.45, 7) is 1.65. The molecule has 0 radical (unpaired) electrons. The Morgan fingerprint density at radius 1 is 1.48 bits per heavy atom. The highest BCUT2D eigenvalue weighted by atomic mass is 32.1. The van der Waals surface area contributed by atoms with Gasteiger partial charge in [0.1, 0.15) is 6.10 Å². The van der Waals surface area contributed by atoms with Crippen molar-refractivity contribution in [2.24, 2.45) is 5.92 Å². The molecule has 108 valence electrons. The van der Waals surface area contributed by atoms with Crippen molar-refractivity contribution in [3.8, 4) is 10.7 Å². The van der Waals surface area contributed by atoms with Crippen LogP contribution >= 0.6 is 11.3 Å². The van der Waals surface area contributed by atoms with Crippen molar-refractivity contribution in [2.45, 2.75) is 19.1 Å². The number of imidazole rings is 1. The maximum absolute atomic E-state index is 5.87. The van der Waals surface area contributed by atoms with Crippen LogP contribution in [0.2, 0.25) is 0 Å². The van der Waals surface area contributed by atoms with Gasteiger partial charge in [0.05, 0.1) is 11.2 Å². The van der Waals surface area contributed by atoms with Crippen LogP contribution in [0, 0.1) is 5.92 Å². The molecular weight excluding hydrogens is 286 g/mol. The molecule has 6 nitrogen and oxygen atoms in total. The molecule has 4 heterocycles. The topological polar surface area (TPSA) is 68.6 Å². The van der Waals surface area contributed by atoms with E-state index in [-0.39, 0.29) is 6.10 Å². The van der Waals surface area contributed by atoms with Crippen LogP contribution in [0.5, 0.6) is 0 Å². The van der Waals surface area contributed by atoms with Crippen molar-refractivity contribution in [2.75, 3.05) is 6.61 Å². The fourth-order valence-corrected chi connectivity index (χ4v) is 3.36. The Hall–Kier alpha value is -1.99. The van der Waals surface area contributed by atoms with E-state index < -0.39 is 0 Å². The summed E-state index contributed by atoms with van der Waals surface area (Å²) in [5.41, 5.74) is 0. The zero-order valence-electron chi connectivity index (χ0n) is 11.3. The van der Waals surface area contributed by atoms with Crippen LogP contribution in [0.25, 0.3) is 10.7 Å². The summed E-state index contributed by atoms with van der Waals surface area (Å²) in [6.07, 6.45) is 6.62. The molecule has 0 unspecified atom stereocenters. The number of H-pyrrole nitrogens is 1. The molecule has 3 aromatic rings. The number of ether oxygens (including phenoxy) is 1. The van der Waals surface area contributed by atoms with Crippen molar-refractivity contribution in [3.63, 3.8) is 0 Å². The van der Waals surface area contributed by atoms with E-state index in [0.29, 0.717) is 5.92 Å². The Balaban J connectivity index is 1.54. The summed E-state index contributed by atoms with van der Waals surface area (Å²) in [4.78, 5) is 9.77. The van der Waals surface area contributed by atoms with Gasteiger partial charge in [-0.15, -0.1) is 11.3 Å². The lowest BCUT2D eigenvalue weighted by atomic mass is 10.0. The number of hydrogen-bond donors (Lipinski definition) is 1. The van der Waals surface area contributed by atoms with Crippen LogP contribution in [-0.2, 0) is 11.3 Å². The van der Waals surface area contributed by atoms with Crippen LogP contribution in [-0.4, -0.2) is 31.3 Å². The standard InChI is InChI=1S/C14H15N5OS/c1-2-11(21-7-1)13-16-14(18-17-13)12-10(3-6-20-12)8-19-5-4-15-9-19/h1-2,4-5,7,9-10,12H,3,6,8H2,(H,16,17,18)/t10-,12-/m0/s1. The van der Waals surface area contributed by atoms with E-state index in [1.807, 2.05) is 30.0 Å². The first-order valence-corrected chi connectivity index (χ1v) is 7.81. The van der Waals surface area contributed by atoms with E-state index in [0.717, 1.165) is 36.1 Å². The van der Waals surface area contributed by atoms with Crippen LogP contribution in [0.1, 0.15) is 18.3 Å². The van der Waals surface area contributed by atoms with Gasteiger partial charge in [-0.3, -0.25) is 5.10 Å². The quantitative estimate of drug-likeness (QED) is 0.804. The van der Waals surface area contributed by atoms with E-state index in [1.54, 1.807) is 17.5 Å². The lowest BCUT2D eigenvalue weighted by Gasteiger charge is -2.16. The average Bonchev–Trinajstić information content (AvgIpc) is 3.28. The predicted octanol–water partition coefficient (Wildman–Crippen LogP) is 2.51. The molecule has 0 amide bonds. The second-order valence-electron chi connectivity index (χ2n) is 5.12. The molecule has 3 aromatic heterocycles. The molecule has 4 rings (SSSR count). The van der Waals surface area contributed by atoms with Gasteiger partial charge < -0.3 is 9.30 Å².